The second-order valence-corrected chi connectivity index (χ2v) is 4.18. The fraction of sp³-hybridized carbons (Fsp3) is 0.231. The summed E-state index contributed by atoms with van der Waals surface area (Å²) < 4.78 is 1.47. The lowest BCUT2D eigenvalue weighted by atomic mass is 10.1. The van der Waals surface area contributed by atoms with Crippen LogP contribution in [0.1, 0.15) is 12.6 Å². The van der Waals surface area contributed by atoms with Gasteiger partial charge in [0.15, 0.2) is 0 Å². The van der Waals surface area contributed by atoms with E-state index in [-0.39, 0.29) is 12.1 Å². The Balaban J connectivity index is 2.89. The number of rotatable bonds is 3. The van der Waals surface area contributed by atoms with E-state index < -0.39 is 0 Å². The number of pyridine rings is 1. The molecule has 1 aromatic carbocycles. The molecule has 3 nitrogen and oxygen atoms in total. The number of aromatic nitrogens is 1. The van der Waals surface area contributed by atoms with E-state index in [1.54, 1.807) is 6.07 Å². The summed E-state index contributed by atoms with van der Waals surface area (Å²) in [5.74, 6) is 0. The molecule has 17 heavy (non-hydrogen) atoms. The van der Waals surface area contributed by atoms with Gasteiger partial charge in [-0.05, 0) is 23.9 Å². The minimum Gasteiger partial charge on any atom is -0.305 e. The summed E-state index contributed by atoms with van der Waals surface area (Å²) in [4.78, 5) is 22.9. The van der Waals surface area contributed by atoms with Crippen LogP contribution in [0, 0.1) is 0 Å². The van der Waals surface area contributed by atoms with Crippen molar-refractivity contribution in [1.82, 2.24) is 4.57 Å². The highest BCUT2D eigenvalue weighted by Crippen LogP contribution is 2.21. The van der Waals surface area contributed by atoms with Crippen molar-refractivity contribution in [2.75, 3.05) is 0 Å². The van der Waals surface area contributed by atoms with Gasteiger partial charge in [-0.15, -0.1) is 0 Å². The van der Waals surface area contributed by atoms with Gasteiger partial charge < -0.3 is 9.36 Å². The van der Waals surface area contributed by atoms with Gasteiger partial charge in [-0.1, -0.05) is 30.7 Å². The zero-order chi connectivity index (χ0) is 12.4. The normalized spacial score (nSPS) is 10.7. The molecule has 0 amide bonds. The number of fused-ring (bicyclic) bond motifs is 1. The lowest BCUT2D eigenvalue weighted by molar-refractivity contribution is -0.108. The van der Waals surface area contributed by atoms with Crippen molar-refractivity contribution in [3.8, 4) is 0 Å². The second kappa shape index (κ2) is 4.72. The van der Waals surface area contributed by atoms with E-state index in [1.807, 2.05) is 25.1 Å². The van der Waals surface area contributed by atoms with Crippen molar-refractivity contribution in [2.45, 2.75) is 19.9 Å². The Morgan fingerprint density at radius 2 is 2.18 bits per heavy atom. The molecule has 0 aliphatic rings. The van der Waals surface area contributed by atoms with Gasteiger partial charge in [0.1, 0.15) is 6.29 Å². The zero-order valence-electron chi connectivity index (χ0n) is 9.44. The largest absolute Gasteiger partial charge is 0.305 e. The molecule has 0 N–H and O–H groups in total. The topological polar surface area (TPSA) is 39.1 Å². The van der Waals surface area contributed by atoms with Crippen molar-refractivity contribution in [2.24, 2.45) is 0 Å². The maximum atomic E-state index is 12.2. The fourth-order valence-electron chi connectivity index (χ4n) is 1.98. The van der Waals surface area contributed by atoms with Crippen LogP contribution < -0.4 is 5.56 Å². The third-order valence-electron chi connectivity index (χ3n) is 2.79. The third-order valence-corrected chi connectivity index (χ3v) is 3.11. The van der Waals surface area contributed by atoms with Gasteiger partial charge in [0, 0.05) is 5.69 Å². The van der Waals surface area contributed by atoms with E-state index in [1.165, 1.54) is 4.57 Å². The summed E-state index contributed by atoms with van der Waals surface area (Å²) in [6.45, 7) is 2.02. The Hall–Kier alpha value is -1.61. The van der Waals surface area contributed by atoms with E-state index in [4.69, 9.17) is 11.6 Å². The summed E-state index contributed by atoms with van der Waals surface area (Å²) in [5, 5.41) is 1.73. The van der Waals surface area contributed by atoms with Crippen molar-refractivity contribution in [1.29, 1.82) is 0 Å². The number of benzene rings is 1. The van der Waals surface area contributed by atoms with Crippen molar-refractivity contribution < 1.29 is 4.79 Å². The first kappa shape index (κ1) is 11.9. The first-order valence-electron chi connectivity index (χ1n) is 5.43. The third kappa shape index (κ3) is 1.98. The van der Waals surface area contributed by atoms with Crippen molar-refractivity contribution >= 4 is 28.7 Å². The molecule has 0 aliphatic carbocycles. The lowest BCUT2D eigenvalue weighted by Crippen LogP contribution is -2.24. The summed E-state index contributed by atoms with van der Waals surface area (Å²) in [5.41, 5.74) is 0.647. The Morgan fingerprint density at radius 1 is 1.41 bits per heavy atom. The molecule has 0 bridgehead atoms. The predicted molar refractivity (Wildman–Crippen MR) is 68.7 cm³/mol. The van der Waals surface area contributed by atoms with E-state index in [0.717, 1.165) is 17.4 Å². The number of hydrogen-bond donors (Lipinski definition) is 0. The highest BCUT2D eigenvalue weighted by atomic mass is 35.5. The average Bonchev–Trinajstić information content (AvgIpc) is 2.32. The molecule has 0 saturated carbocycles. The van der Waals surface area contributed by atoms with Gasteiger partial charge in [0.05, 0.1) is 17.0 Å². The highest BCUT2D eigenvalue weighted by Gasteiger charge is 2.10. The molecule has 1 aromatic heterocycles. The summed E-state index contributed by atoms with van der Waals surface area (Å²) >= 11 is 6.03. The number of hydrogen-bond acceptors (Lipinski definition) is 2. The van der Waals surface area contributed by atoms with E-state index in [2.05, 4.69) is 0 Å². The Labute approximate surface area is 104 Å². The predicted octanol–water partition coefficient (Wildman–Crippen LogP) is 2.42. The molecule has 0 saturated heterocycles. The van der Waals surface area contributed by atoms with Crippen molar-refractivity contribution in [3.05, 3.63) is 45.3 Å². The quantitative estimate of drug-likeness (QED) is 0.784. The number of halogens is 1. The maximum Gasteiger partial charge on any atom is 0.260 e. The van der Waals surface area contributed by atoms with Crippen LogP contribution >= 0.6 is 11.6 Å². The molecule has 88 valence electrons. The molecule has 2 aromatic rings. The monoisotopic (exact) mass is 249 g/mol. The molecule has 0 spiro atoms. The van der Waals surface area contributed by atoms with Gasteiger partial charge in [-0.25, -0.2) is 0 Å². The molecular weight excluding hydrogens is 238 g/mol. The fourth-order valence-corrected chi connectivity index (χ4v) is 2.24. The number of aldehydes is 1. The van der Waals surface area contributed by atoms with Crippen LogP contribution in [0.25, 0.3) is 10.8 Å². The molecule has 4 heteroatoms. The van der Waals surface area contributed by atoms with E-state index >= 15 is 0 Å². The van der Waals surface area contributed by atoms with E-state index in [9.17, 15) is 9.59 Å². The summed E-state index contributed by atoms with van der Waals surface area (Å²) in [6, 6.07) is 7.26. The van der Waals surface area contributed by atoms with Crippen LogP contribution in [-0.4, -0.2) is 10.9 Å². The Morgan fingerprint density at radius 3 is 2.82 bits per heavy atom. The van der Waals surface area contributed by atoms with Crippen LogP contribution in [0.15, 0.2) is 29.1 Å². The molecular formula is C13H12ClNO2. The van der Waals surface area contributed by atoms with Gasteiger partial charge in [0.2, 0.25) is 0 Å². The second-order valence-electron chi connectivity index (χ2n) is 3.78. The molecule has 2 rings (SSSR count). The maximum absolute atomic E-state index is 12.2. The number of carbonyl (C=O) groups excluding carboxylic acids is 1. The minimum absolute atomic E-state index is 0.0726. The molecule has 1 heterocycles. The van der Waals surface area contributed by atoms with Gasteiger partial charge in [-0.2, -0.15) is 0 Å². The van der Waals surface area contributed by atoms with Crippen molar-refractivity contribution in [3.63, 3.8) is 0 Å². The molecule has 0 atom stereocenters. The van der Waals surface area contributed by atoms with Crippen LogP contribution in [0.5, 0.6) is 0 Å². The molecule has 0 radical (unpaired) electrons. The first-order chi connectivity index (χ1) is 8.19. The number of aryl methyl sites for hydroxylation is 1. The Bertz CT molecular complexity index is 631. The van der Waals surface area contributed by atoms with Crippen LogP contribution in [-0.2, 0) is 17.8 Å². The SMILES string of the molecule is CCc1cc2cccc(Cl)c2c(=O)n1CC=O. The number of nitrogens with zero attached hydrogens (tertiary/aromatic N) is 1. The molecule has 0 fully saturated rings. The number of carbonyl (C=O) groups is 1. The minimum atomic E-state index is -0.197. The zero-order valence-corrected chi connectivity index (χ0v) is 10.2. The molecule has 0 unspecified atom stereocenters. The smallest absolute Gasteiger partial charge is 0.260 e. The lowest BCUT2D eigenvalue weighted by Gasteiger charge is -2.11. The average molecular weight is 250 g/mol. The standard InChI is InChI=1S/C13H12ClNO2/c1-2-10-8-9-4-3-5-11(14)12(9)13(17)15(10)6-7-16/h3-5,7-8H,2,6H2,1H3. The summed E-state index contributed by atoms with van der Waals surface area (Å²) in [6.07, 6.45) is 1.43. The summed E-state index contributed by atoms with van der Waals surface area (Å²) in [7, 11) is 0. The van der Waals surface area contributed by atoms with Crippen LogP contribution in [0.4, 0.5) is 0 Å². The van der Waals surface area contributed by atoms with Crippen LogP contribution in [0.2, 0.25) is 5.02 Å². The Kier molecular flexibility index (Phi) is 3.29. The van der Waals surface area contributed by atoms with E-state index in [0.29, 0.717) is 16.8 Å². The van der Waals surface area contributed by atoms with Crippen LogP contribution in [0.3, 0.4) is 0 Å². The van der Waals surface area contributed by atoms with Gasteiger partial charge in [0.25, 0.3) is 5.56 Å². The van der Waals surface area contributed by atoms with Gasteiger partial charge >= 0.3 is 0 Å². The first-order valence-corrected chi connectivity index (χ1v) is 5.81. The molecule has 0 aliphatic heterocycles. The highest BCUT2D eigenvalue weighted by molar-refractivity contribution is 6.35. The van der Waals surface area contributed by atoms with Gasteiger partial charge in [-0.3, -0.25) is 4.79 Å².